The van der Waals surface area contributed by atoms with Gasteiger partial charge in [0, 0.05) is 48.7 Å². The summed E-state index contributed by atoms with van der Waals surface area (Å²) in [6.45, 7) is 3.41. The van der Waals surface area contributed by atoms with Crippen molar-refractivity contribution in [2.45, 2.75) is 6.61 Å². The first-order valence-electron chi connectivity index (χ1n) is 8.33. The fourth-order valence-corrected chi connectivity index (χ4v) is 4.08. The molecule has 0 spiro atoms. The van der Waals surface area contributed by atoms with Crippen molar-refractivity contribution in [1.29, 1.82) is 0 Å². The Balaban J connectivity index is 1.36. The molecule has 1 saturated heterocycles. The minimum absolute atomic E-state index is 0.0443. The van der Waals surface area contributed by atoms with Crippen molar-refractivity contribution in [2.24, 2.45) is 0 Å². The van der Waals surface area contributed by atoms with E-state index >= 15 is 0 Å². The highest BCUT2D eigenvalue weighted by Gasteiger charge is 2.23. The summed E-state index contributed by atoms with van der Waals surface area (Å²) in [6, 6.07) is 7.37. The molecule has 1 fully saturated rings. The molecule has 0 bridgehead atoms. The van der Waals surface area contributed by atoms with Crippen molar-refractivity contribution in [2.75, 3.05) is 31.1 Å². The van der Waals surface area contributed by atoms with Gasteiger partial charge in [-0.25, -0.2) is 9.97 Å². The third kappa shape index (κ3) is 3.86. The van der Waals surface area contributed by atoms with Crippen LogP contribution in [0.5, 0.6) is 5.75 Å². The van der Waals surface area contributed by atoms with Crippen LogP contribution in [0.3, 0.4) is 0 Å². The number of thiazole rings is 2. The van der Waals surface area contributed by atoms with Crippen molar-refractivity contribution >= 4 is 33.7 Å². The van der Waals surface area contributed by atoms with Gasteiger partial charge in [0.25, 0.3) is 5.91 Å². The van der Waals surface area contributed by atoms with Gasteiger partial charge in [-0.3, -0.25) is 4.79 Å². The predicted octanol–water partition coefficient (Wildman–Crippen LogP) is 3.14. The second-order valence-electron chi connectivity index (χ2n) is 5.89. The number of amides is 1. The molecule has 3 heterocycles. The number of piperazine rings is 1. The van der Waals surface area contributed by atoms with E-state index in [1.807, 2.05) is 46.1 Å². The van der Waals surface area contributed by atoms with E-state index in [9.17, 15) is 4.79 Å². The lowest BCUT2D eigenvalue weighted by atomic mass is 10.1. The van der Waals surface area contributed by atoms with Gasteiger partial charge in [-0.1, -0.05) is 6.07 Å². The van der Waals surface area contributed by atoms with E-state index in [1.54, 1.807) is 28.2 Å². The maximum absolute atomic E-state index is 12.8. The van der Waals surface area contributed by atoms with Crippen LogP contribution < -0.4 is 9.64 Å². The van der Waals surface area contributed by atoms with E-state index in [-0.39, 0.29) is 5.91 Å². The molecule has 1 aliphatic heterocycles. The third-order valence-electron chi connectivity index (χ3n) is 4.21. The summed E-state index contributed by atoms with van der Waals surface area (Å²) >= 11 is 3.17. The van der Waals surface area contributed by atoms with Gasteiger partial charge in [0.15, 0.2) is 5.13 Å². The topological polar surface area (TPSA) is 58.6 Å². The number of hydrogen-bond donors (Lipinski definition) is 0. The molecule has 2 aromatic heterocycles. The Kier molecular flexibility index (Phi) is 5.12. The zero-order chi connectivity index (χ0) is 17.8. The molecule has 3 aromatic rings. The monoisotopic (exact) mass is 386 g/mol. The number of benzene rings is 1. The number of ether oxygens (including phenoxy) is 1. The molecule has 8 heteroatoms. The van der Waals surface area contributed by atoms with Crippen molar-refractivity contribution in [3.8, 4) is 5.75 Å². The quantitative estimate of drug-likeness (QED) is 0.674. The maximum Gasteiger partial charge on any atom is 0.254 e. The van der Waals surface area contributed by atoms with Crippen LogP contribution in [0.2, 0.25) is 0 Å². The van der Waals surface area contributed by atoms with Crippen LogP contribution in [-0.4, -0.2) is 47.0 Å². The standard InChI is InChI=1S/C18H18N4O2S2/c23-17(21-5-7-22(8-6-21)18-19-4-9-26-18)14-2-1-3-16(10-14)24-11-15-12-25-13-20-15/h1-4,9-10,12-13H,5-8,11H2. The zero-order valence-electron chi connectivity index (χ0n) is 14.1. The molecule has 0 N–H and O–H groups in total. The van der Waals surface area contributed by atoms with Gasteiger partial charge in [0.2, 0.25) is 0 Å². The number of hydrogen-bond acceptors (Lipinski definition) is 7. The lowest BCUT2D eigenvalue weighted by Crippen LogP contribution is -2.48. The highest BCUT2D eigenvalue weighted by Crippen LogP contribution is 2.21. The number of aromatic nitrogens is 2. The summed E-state index contributed by atoms with van der Waals surface area (Å²) in [5.74, 6) is 0.730. The summed E-state index contributed by atoms with van der Waals surface area (Å²) in [5.41, 5.74) is 3.33. The second-order valence-corrected chi connectivity index (χ2v) is 7.48. The fraction of sp³-hybridized carbons (Fsp3) is 0.278. The van der Waals surface area contributed by atoms with Crippen LogP contribution in [0.1, 0.15) is 16.1 Å². The van der Waals surface area contributed by atoms with Crippen LogP contribution in [0.15, 0.2) is 46.7 Å². The first-order valence-corrected chi connectivity index (χ1v) is 10.2. The molecule has 134 valence electrons. The molecule has 0 saturated carbocycles. The highest BCUT2D eigenvalue weighted by molar-refractivity contribution is 7.13. The van der Waals surface area contributed by atoms with Crippen molar-refractivity contribution in [3.63, 3.8) is 0 Å². The molecule has 4 rings (SSSR count). The summed E-state index contributed by atoms with van der Waals surface area (Å²) in [7, 11) is 0. The molecule has 0 aliphatic carbocycles. The van der Waals surface area contributed by atoms with Crippen molar-refractivity contribution < 1.29 is 9.53 Å². The van der Waals surface area contributed by atoms with E-state index < -0.39 is 0 Å². The first-order chi connectivity index (χ1) is 12.8. The number of nitrogens with zero attached hydrogens (tertiary/aromatic N) is 4. The Morgan fingerprint density at radius 1 is 1.19 bits per heavy atom. The van der Waals surface area contributed by atoms with E-state index in [0.717, 1.165) is 23.9 Å². The smallest absolute Gasteiger partial charge is 0.254 e. The van der Waals surface area contributed by atoms with E-state index in [4.69, 9.17) is 4.74 Å². The van der Waals surface area contributed by atoms with Gasteiger partial charge in [-0.15, -0.1) is 22.7 Å². The number of anilines is 1. The summed E-state index contributed by atoms with van der Waals surface area (Å²) < 4.78 is 5.75. The Morgan fingerprint density at radius 3 is 2.81 bits per heavy atom. The Morgan fingerprint density at radius 2 is 2.08 bits per heavy atom. The normalized spacial score (nSPS) is 14.5. The van der Waals surface area contributed by atoms with Gasteiger partial charge in [-0.05, 0) is 18.2 Å². The average Bonchev–Trinajstić information content (AvgIpc) is 3.40. The third-order valence-corrected chi connectivity index (χ3v) is 5.68. The number of carbonyl (C=O) groups excluding carboxylic acids is 1. The molecule has 1 aliphatic rings. The van der Waals surface area contributed by atoms with Crippen LogP contribution in [-0.2, 0) is 6.61 Å². The van der Waals surface area contributed by atoms with Gasteiger partial charge < -0.3 is 14.5 Å². The van der Waals surface area contributed by atoms with Crippen molar-refractivity contribution in [3.05, 3.63) is 58.0 Å². The molecule has 6 nitrogen and oxygen atoms in total. The number of rotatable bonds is 5. The maximum atomic E-state index is 12.8. The van der Waals surface area contributed by atoms with Crippen LogP contribution in [0, 0.1) is 0 Å². The van der Waals surface area contributed by atoms with E-state index in [0.29, 0.717) is 31.0 Å². The van der Waals surface area contributed by atoms with E-state index in [2.05, 4.69) is 14.9 Å². The largest absolute Gasteiger partial charge is 0.487 e. The van der Waals surface area contributed by atoms with E-state index in [1.165, 1.54) is 0 Å². The molecule has 0 unspecified atom stereocenters. The highest BCUT2D eigenvalue weighted by atomic mass is 32.1. The van der Waals surface area contributed by atoms with Crippen LogP contribution in [0.4, 0.5) is 5.13 Å². The first kappa shape index (κ1) is 17.0. The Bertz CT molecular complexity index is 844. The van der Waals surface area contributed by atoms with Crippen LogP contribution >= 0.6 is 22.7 Å². The van der Waals surface area contributed by atoms with Crippen LogP contribution in [0.25, 0.3) is 0 Å². The lowest BCUT2D eigenvalue weighted by Gasteiger charge is -2.34. The molecule has 1 aromatic carbocycles. The molecule has 0 radical (unpaired) electrons. The van der Waals surface area contributed by atoms with Gasteiger partial charge >= 0.3 is 0 Å². The summed E-state index contributed by atoms with van der Waals surface area (Å²) in [6.07, 6.45) is 1.81. The Labute approximate surface area is 159 Å². The minimum atomic E-state index is 0.0443. The molecule has 0 atom stereocenters. The number of carbonyl (C=O) groups is 1. The fourth-order valence-electron chi connectivity index (χ4n) is 2.84. The molecular weight excluding hydrogens is 368 g/mol. The van der Waals surface area contributed by atoms with Gasteiger partial charge in [-0.2, -0.15) is 0 Å². The zero-order valence-corrected chi connectivity index (χ0v) is 15.7. The summed E-state index contributed by atoms with van der Waals surface area (Å²) in [4.78, 5) is 25.5. The molecule has 26 heavy (non-hydrogen) atoms. The second kappa shape index (κ2) is 7.84. The molecular formula is C18H18N4O2S2. The lowest BCUT2D eigenvalue weighted by molar-refractivity contribution is 0.0746. The average molecular weight is 387 g/mol. The predicted molar refractivity (Wildman–Crippen MR) is 103 cm³/mol. The van der Waals surface area contributed by atoms with Gasteiger partial charge in [0.1, 0.15) is 12.4 Å². The summed E-state index contributed by atoms with van der Waals surface area (Å²) in [5, 5.41) is 4.95. The Hall–Kier alpha value is -2.45. The molecule has 1 amide bonds. The van der Waals surface area contributed by atoms with Gasteiger partial charge in [0.05, 0.1) is 11.2 Å². The SMILES string of the molecule is O=C(c1cccc(OCc2cscn2)c1)N1CCN(c2nccs2)CC1. The van der Waals surface area contributed by atoms with Crippen molar-refractivity contribution in [1.82, 2.24) is 14.9 Å². The minimum Gasteiger partial charge on any atom is -0.487 e.